The predicted octanol–water partition coefficient (Wildman–Crippen LogP) is 3.13. The van der Waals surface area contributed by atoms with E-state index in [1.54, 1.807) is 6.07 Å². The van der Waals surface area contributed by atoms with Crippen LogP contribution in [0.2, 0.25) is 5.02 Å². The highest BCUT2D eigenvalue weighted by Crippen LogP contribution is 2.39. The van der Waals surface area contributed by atoms with Crippen LogP contribution in [0.4, 0.5) is 0 Å². The van der Waals surface area contributed by atoms with Gasteiger partial charge in [-0.25, -0.2) is 0 Å². The van der Waals surface area contributed by atoms with E-state index in [0.29, 0.717) is 23.5 Å². The lowest BCUT2D eigenvalue weighted by Crippen LogP contribution is -2.43. The van der Waals surface area contributed by atoms with Gasteiger partial charge in [-0.3, -0.25) is 19.8 Å². The van der Waals surface area contributed by atoms with Crippen LogP contribution in [0.5, 0.6) is 0 Å². The smallest absolute Gasteiger partial charge is 0.237 e. The average molecular weight is 337 g/mol. The van der Waals surface area contributed by atoms with Crippen molar-refractivity contribution in [2.45, 2.75) is 58.0 Å². The standard InChI is InChI=1S/C18H25ClN2O2/c1-12(2)21(13(3)4)10-9-18(11-16(22)20-17(18)23)14-7-5-6-8-15(14)19/h5-8,12-13H,9-11H2,1-4H3,(H,20,22,23). The van der Waals surface area contributed by atoms with Crippen molar-refractivity contribution >= 4 is 23.4 Å². The number of hydrogen-bond donors (Lipinski definition) is 1. The minimum Gasteiger partial charge on any atom is -0.298 e. The summed E-state index contributed by atoms with van der Waals surface area (Å²) in [5, 5.41) is 3.00. The van der Waals surface area contributed by atoms with Gasteiger partial charge in [0.05, 0.1) is 5.41 Å². The van der Waals surface area contributed by atoms with Crippen LogP contribution >= 0.6 is 11.6 Å². The monoisotopic (exact) mass is 336 g/mol. The number of hydrogen-bond acceptors (Lipinski definition) is 3. The summed E-state index contributed by atoms with van der Waals surface area (Å²) in [6, 6.07) is 8.08. The third-order valence-corrected chi connectivity index (χ3v) is 4.99. The fraction of sp³-hybridized carbons (Fsp3) is 0.556. The predicted molar refractivity (Wildman–Crippen MR) is 92.5 cm³/mol. The molecule has 0 saturated carbocycles. The van der Waals surface area contributed by atoms with Crippen molar-refractivity contribution < 1.29 is 9.59 Å². The van der Waals surface area contributed by atoms with Crippen LogP contribution in [0.1, 0.15) is 46.1 Å². The fourth-order valence-electron chi connectivity index (χ4n) is 3.48. The number of rotatable bonds is 6. The summed E-state index contributed by atoms with van der Waals surface area (Å²) in [5.74, 6) is -0.460. The molecular formula is C18H25ClN2O2. The molecule has 0 bridgehead atoms. The quantitative estimate of drug-likeness (QED) is 0.812. The molecule has 0 spiro atoms. The minimum atomic E-state index is -0.864. The Morgan fingerprint density at radius 2 is 1.78 bits per heavy atom. The fourth-order valence-corrected chi connectivity index (χ4v) is 3.80. The molecule has 5 heteroatoms. The molecule has 23 heavy (non-hydrogen) atoms. The van der Waals surface area contributed by atoms with Gasteiger partial charge in [-0.15, -0.1) is 0 Å². The van der Waals surface area contributed by atoms with Gasteiger partial charge in [-0.05, 0) is 45.7 Å². The first kappa shape index (κ1) is 18.0. The number of benzene rings is 1. The third-order valence-electron chi connectivity index (χ3n) is 4.66. The van der Waals surface area contributed by atoms with Crippen molar-refractivity contribution in [2.75, 3.05) is 6.54 Å². The van der Waals surface area contributed by atoms with Gasteiger partial charge in [0.25, 0.3) is 0 Å². The van der Waals surface area contributed by atoms with Gasteiger partial charge in [0.15, 0.2) is 0 Å². The minimum absolute atomic E-state index is 0.166. The van der Waals surface area contributed by atoms with Crippen LogP contribution in [0.3, 0.4) is 0 Å². The molecule has 1 N–H and O–H groups in total. The van der Waals surface area contributed by atoms with E-state index in [2.05, 4.69) is 37.9 Å². The maximum absolute atomic E-state index is 12.6. The number of carbonyl (C=O) groups excluding carboxylic acids is 2. The zero-order valence-electron chi connectivity index (χ0n) is 14.2. The summed E-state index contributed by atoms with van der Waals surface area (Å²) >= 11 is 6.34. The Hall–Kier alpha value is -1.39. The maximum atomic E-state index is 12.6. The highest BCUT2D eigenvalue weighted by molar-refractivity contribution is 6.32. The molecule has 1 aliphatic rings. The summed E-state index contributed by atoms with van der Waals surface area (Å²) in [6.45, 7) is 9.30. The molecule has 1 unspecified atom stereocenters. The Balaban J connectivity index is 2.35. The molecule has 2 amide bonds. The molecular weight excluding hydrogens is 312 g/mol. The van der Waals surface area contributed by atoms with Crippen LogP contribution in [0.25, 0.3) is 0 Å². The van der Waals surface area contributed by atoms with Gasteiger partial charge in [0.2, 0.25) is 11.8 Å². The number of halogens is 1. The van der Waals surface area contributed by atoms with Crippen LogP contribution in [-0.4, -0.2) is 35.3 Å². The van der Waals surface area contributed by atoms with E-state index in [0.717, 1.165) is 12.1 Å². The Kier molecular flexibility index (Phi) is 5.48. The Morgan fingerprint density at radius 3 is 2.26 bits per heavy atom. The largest absolute Gasteiger partial charge is 0.298 e. The van der Waals surface area contributed by atoms with E-state index in [-0.39, 0.29) is 18.2 Å². The summed E-state index contributed by atoms with van der Waals surface area (Å²) in [4.78, 5) is 26.8. The van der Waals surface area contributed by atoms with Crippen LogP contribution in [-0.2, 0) is 15.0 Å². The maximum Gasteiger partial charge on any atom is 0.237 e. The second kappa shape index (κ2) is 7.02. The van der Waals surface area contributed by atoms with Crippen molar-refractivity contribution in [2.24, 2.45) is 0 Å². The average Bonchev–Trinajstić information content (AvgIpc) is 2.74. The van der Waals surface area contributed by atoms with E-state index in [1.165, 1.54) is 0 Å². The highest BCUT2D eigenvalue weighted by Gasteiger charge is 2.48. The molecule has 1 saturated heterocycles. The van der Waals surface area contributed by atoms with Crippen molar-refractivity contribution in [3.05, 3.63) is 34.9 Å². The first-order valence-corrected chi connectivity index (χ1v) is 8.51. The molecule has 1 heterocycles. The number of nitrogens with zero attached hydrogens (tertiary/aromatic N) is 1. The van der Waals surface area contributed by atoms with E-state index >= 15 is 0 Å². The molecule has 0 aliphatic carbocycles. The second-order valence-electron chi connectivity index (χ2n) is 6.79. The molecule has 1 fully saturated rings. The summed E-state index contributed by atoms with van der Waals surface area (Å²) in [5.41, 5.74) is -0.116. The van der Waals surface area contributed by atoms with Gasteiger partial charge < -0.3 is 0 Å². The lowest BCUT2D eigenvalue weighted by atomic mass is 9.75. The van der Waals surface area contributed by atoms with Gasteiger partial charge in [-0.2, -0.15) is 0 Å². The number of imide groups is 1. The molecule has 1 atom stereocenters. The van der Waals surface area contributed by atoms with E-state index in [1.807, 2.05) is 18.2 Å². The lowest BCUT2D eigenvalue weighted by molar-refractivity contribution is -0.126. The van der Waals surface area contributed by atoms with Gasteiger partial charge >= 0.3 is 0 Å². The van der Waals surface area contributed by atoms with Crippen molar-refractivity contribution in [3.8, 4) is 0 Å². The highest BCUT2D eigenvalue weighted by atomic mass is 35.5. The van der Waals surface area contributed by atoms with E-state index in [9.17, 15) is 9.59 Å². The van der Waals surface area contributed by atoms with Crippen LogP contribution in [0, 0.1) is 0 Å². The van der Waals surface area contributed by atoms with E-state index < -0.39 is 5.41 Å². The topological polar surface area (TPSA) is 49.4 Å². The number of nitrogens with one attached hydrogen (secondary N) is 1. The van der Waals surface area contributed by atoms with Crippen molar-refractivity contribution in [1.29, 1.82) is 0 Å². The SMILES string of the molecule is CC(C)N(CCC1(c2ccccc2Cl)CC(=O)NC1=O)C(C)C. The Labute approximate surface area is 143 Å². The lowest BCUT2D eigenvalue weighted by Gasteiger charge is -2.35. The molecule has 2 rings (SSSR count). The number of amides is 2. The van der Waals surface area contributed by atoms with Gasteiger partial charge in [0.1, 0.15) is 0 Å². The van der Waals surface area contributed by atoms with Crippen molar-refractivity contribution in [3.63, 3.8) is 0 Å². The van der Waals surface area contributed by atoms with Crippen molar-refractivity contribution in [1.82, 2.24) is 10.2 Å². The molecule has 4 nitrogen and oxygen atoms in total. The first-order valence-electron chi connectivity index (χ1n) is 8.13. The Bertz CT molecular complexity index is 592. The third kappa shape index (κ3) is 3.59. The Morgan fingerprint density at radius 1 is 1.17 bits per heavy atom. The zero-order chi connectivity index (χ0) is 17.2. The normalized spacial score (nSPS) is 21.6. The molecule has 1 aromatic rings. The zero-order valence-corrected chi connectivity index (χ0v) is 15.0. The van der Waals surface area contributed by atoms with Crippen LogP contribution in [0.15, 0.2) is 24.3 Å². The number of carbonyl (C=O) groups is 2. The summed E-state index contributed by atoms with van der Waals surface area (Å²) in [6.07, 6.45) is 0.740. The van der Waals surface area contributed by atoms with Gasteiger partial charge in [-0.1, -0.05) is 29.8 Å². The molecule has 1 aromatic carbocycles. The first-order chi connectivity index (χ1) is 10.8. The molecule has 1 aliphatic heterocycles. The van der Waals surface area contributed by atoms with Crippen LogP contribution < -0.4 is 5.32 Å². The van der Waals surface area contributed by atoms with Gasteiger partial charge in [0, 0.05) is 30.1 Å². The molecule has 0 radical (unpaired) electrons. The summed E-state index contributed by atoms with van der Waals surface area (Å²) < 4.78 is 0. The molecule has 0 aromatic heterocycles. The van der Waals surface area contributed by atoms with E-state index in [4.69, 9.17) is 11.6 Å². The second-order valence-corrected chi connectivity index (χ2v) is 7.20. The molecule has 126 valence electrons. The summed E-state index contributed by atoms with van der Waals surface area (Å²) in [7, 11) is 0.